The average Bonchev–Trinajstić information content (AvgIpc) is 2.84. The summed E-state index contributed by atoms with van der Waals surface area (Å²) >= 11 is 2.02. The monoisotopic (exact) mass is 315 g/mol. The summed E-state index contributed by atoms with van der Waals surface area (Å²) in [6.45, 7) is 5.12. The SMILES string of the molecule is Cl.Cl.O=C(NCCN1CCSCC1)C1CCCN1. The van der Waals surface area contributed by atoms with Crippen LogP contribution in [0.15, 0.2) is 0 Å². The fourth-order valence-electron chi connectivity index (χ4n) is 2.19. The summed E-state index contributed by atoms with van der Waals surface area (Å²) in [4.78, 5) is 14.1. The molecule has 0 bridgehead atoms. The lowest BCUT2D eigenvalue weighted by atomic mass is 10.2. The lowest BCUT2D eigenvalue weighted by Gasteiger charge is -2.26. The topological polar surface area (TPSA) is 44.4 Å². The summed E-state index contributed by atoms with van der Waals surface area (Å²) in [7, 11) is 0. The molecule has 2 rings (SSSR count). The lowest BCUT2D eigenvalue weighted by molar-refractivity contribution is -0.122. The van der Waals surface area contributed by atoms with Crippen LogP contribution in [0, 0.1) is 0 Å². The molecule has 18 heavy (non-hydrogen) atoms. The summed E-state index contributed by atoms with van der Waals surface area (Å²) < 4.78 is 0. The van der Waals surface area contributed by atoms with Crippen molar-refractivity contribution in [1.29, 1.82) is 0 Å². The Morgan fingerprint density at radius 2 is 2.06 bits per heavy atom. The van der Waals surface area contributed by atoms with E-state index in [-0.39, 0.29) is 36.8 Å². The Balaban J connectivity index is 0.00000144. The third-order valence-electron chi connectivity index (χ3n) is 3.21. The number of hydrogen-bond acceptors (Lipinski definition) is 4. The van der Waals surface area contributed by atoms with Crippen LogP contribution >= 0.6 is 36.6 Å². The first kappa shape index (κ1) is 18.3. The van der Waals surface area contributed by atoms with Crippen LogP contribution in [0.5, 0.6) is 0 Å². The van der Waals surface area contributed by atoms with Gasteiger partial charge in [0.25, 0.3) is 0 Å². The predicted octanol–water partition coefficient (Wildman–Crippen LogP) is 0.747. The quantitative estimate of drug-likeness (QED) is 0.803. The maximum Gasteiger partial charge on any atom is 0.237 e. The van der Waals surface area contributed by atoms with E-state index in [4.69, 9.17) is 0 Å². The Bertz CT molecular complexity index is 234. The van der Waals surface area contributed by atoms with Gasteiger partial charge in [-0.05, 0) is 19.4 Å². The number of hydrogen-bond donors (Lipinski definition) is 2. The van der Waals surface area contributed by atoms with Crippen LogP contribution in [0.2, 0.25) is 0 Å². The first-order valence-corrected chi connectivity index (χ1v) is 7.33. The van der Waals surface area contributed by atoms with E-state index in [1.165, 1.54) is 24.6 Å². The molecular weight excluding hydrogens is 293 g/mol. The molecule has 0 aromatic rings. The van der Waals surface area contributed by atoms with Crippen molar-refractivity contribution >= 4 is 42.5 Å². The molecule has 4 nitrogen and oxygen atoms in total. The maximum atomic E-state index is 11.7. The standard InChI is InChI=1S/C11H21N3OS.2ClH/c15-11(10-2-1-3-12-10)13-4-5-14-6-8-16-9-7-14;;/h10,12H,1-9H2,(H,13,15);2*1H. The maximum absolute atomic E-state index is 11.7. The zero-order chi connectivity index (χ0) is 11.2. The minimum atomic E-state index is 0. The Labute approximate surface area is 126 Å². The third-order valence-corrected chi connectivity index (χ3v) is 4.15. The number of rotatable bonds is 4. The molecule has 0 aromatic heterocycles. The van der Waals surface area contributed by atoms with Crippen LogP contribution in [-0.2, 0) is 4.79 Å². The molecule has 1 atom stereocenters. The normalized spacial score (nSPS) is 23.9. The minimum absolute atomic E-state index is 0. The molecule has 0 aromatic carbocycles. The number of nitrogens with one attached hydrogen (secondary N) is 2. The first-order chi connectivity index (χ1) is 7.86. The van der Waals surface area contributed by atoms with Crippen molar-refractivity contribution in [3.05, 3.63) is 0 Å². The molecule has 2 aliphatic heterocycles. The molecule has 2 N–H and O–H groups in total. The molecular formula is C11H23Cl2N3OS. The van der Waals surface area contributed by atoms with Crippen LogP contribution in [0.3, 0.4) is 0 Å². The van der Waals surface area contributed by atoms with E-state index in [0.29, 0.717) is 0 Å². The van der Waals surface area contributed by atoms with Crippen molar-refractivity contribution in [3.63, 3.8) is 0 Å². The second kappa shape index (κ2) is 10.1. The fraction of sp³-hybridized carbons (Fsp3) is 0.909. The van der Waals surface area contributed by atoms with Crippen LogP contribution < -0.4 is 10.6 Å². The molecule has 0 aliphatic carbocycles. The predicted molar refractivity (Wildman–Crippen MR) is 82.3 cm³/mol. The second-order valence-electron chi connectivity index (χ2n) is 4.39. The Morgan fingerprint density at radius 1 is 1.33 bits per heavy atom. The molecule has 0 radical (unpaired) electrons. The molecule has 0 spiro atoms. The van der Waals surface area contributed by atoms with Gasteiger partial charge in [0.2, 0.25) is 5.91 Å². The molecule has 1 unspecified atom stereocenters. The van der Waals surface area contributed by atoms with Crippen molar-refractivity contribution in [2.24, 2.45) is 0 Å². The number of nitrogens with zero attached hydrogens (tertiary/aromatic N) is 1. The summed E-state index contributed by atoms with van der Waals surface area (Å²) in [5.74, 6) is 2.65. The van der Waals surface area contributed by atoms with E-state index in [2.05, 4.69) is 15.5 Å². The summed E-state index contributed by atoms with van der Waals surface area (Å²) in [5.41, 5.74) is 0. The number of thioether (sulfide) groups is 1. The molecule has 1 amide bonds. The number of halogens is 2. The number of carbonyl (C=O) groups excluding carboxylic acids is 1. The van der Waals surface area contributed by atoms with Gasteiger partial charge in [0.1, 0.15) is 0 Å². The van der Waals surface area contributed by atoms with E-state index in [1.807, 2.05) is 11.8 Å². The van der Waals surface area contributed by atoms with Gasteiger partial charge in [-0.1, -0.05) is 0 Å². The van der Waals surface area contributed by atoms with Crippen molar-refractivity contribution in [1.82, 2.24) is 15.5 Å². The minimum Gasteiger partial charge on any atom is -0.353 e. The van der Waals surface area contributed by atoms with Gasteiger partial charge >= 0.3 is 0 Å². The van der Waals surface area contributed by atoms with Gasteiger partial charge < -0.3 is 10.6 Å². The third kappa shape index (κ3) is 5.97. The Morgan fingerprint density at radius 3 is 2.67 bits per heavy atom. The zero-order valence-corrected chi connectivity index (χ0v) is 13.0. The number of carbonyl (C=O) groups is 1. The van der Waals surface area contributed by atoms with Crippen LogP contribution in [0.25, 0.3) is 0 Å². The van der Waals surface area contributed by atoms with Crippen LogP contribution in [-0.4, -0.2) is 61.1 Å². The lowest BCUT2D eigenvalue weighted by Crippen LogP contribution is -2.44. The molecule has 7 heteroatoms. The van der Waals surface area contributed by atoms with Crippen LogP contribution in [0.1, 0.15) is 12.8 Å². The van der Waals surface area contributed by atoms with Crippen molar-refractivity contribution in [2.45, 2.75) is 18.9 Å². The molecule has 2 heterocycles. The van der Waals surface area contributed by atoms with Gasteiger partial charge in [-0.2, -0.15) is 11.8 Å². The highest BCUT2D eigenvalue weighted by molar-refractivity contribution is 7.99. The zero-order valence-electron chi connectivity index (χ0n) is 10.5. The largest absolute Gasteiger partial charge is 0.353 e. The van der Waals surface area contributed by atoms with Gasteiger partial charge in [0.15, 0.2) is 0 Å². The Kier molecular flexibility index (Phi) is 10.3. The summed E-state index contributed by atoms with van der Waals surface area (Å²) in [6, 6.07) is 0.0666. The van der Waals surface area contributed by atoms with Gasteiger partial charge in [-0.3, -0.25) is 9.69 Å². The molecule has 2 fully saturated rings. The molecule has 2 saturated heterocycles. The molecule has 0 saturated carbocycles. The molecule has 108 valence electrons. The van der Waals surface area contributed by atoms with Gasteiger partial charge in [0.05, 0.1) is 6.04 Å². The summed E-state index contributed by atoms with van der Waals surface area (Å²) in [6.07, 6.45) is 2.12. The van der Waals surface area contributed by atoms with Crippen molar-refractivity contribution in [2.75, 3.05) is 44.2 Å². The highest BCUT2D eigenvalue weighted by atomic mass is 35.5. The van der Waals surface area contributed by atoms with E-state index < -0.39 is 0 Å². The van der Waals surface area contributed by atoms with E-state index in [0.717, 1.165) is 32.5 Å². The fourth-order valence-corrected chi connectivity index (χ4v) is 3.17. The second-order valence-corrected chi connectivity index (χ2v) is 5.62. The molecule has 2 aliphatic rings. The average molecular weight is 316 g/mol. The van der Waals surface area contributed by atoms with E-state index in [1.54, 1.807) is 0 Å². The highest BCUT2D eigenvalue weighted by Gasteiger charge is 2.21. The smallest absolute Gasteiger partial charge is 0.237 e. The highest BCUT2D eigenvalue weighted by Crippen LogP contribution is 2.08. The van der Waals surface area contributed by atoms with E-state index >= 15 is 0 Å². The number of amides is 1. The van der Waals surface area contributed by atoms with E-state index in [9.17, 15) is 4.79 Å². The van der Waals surface area contributed by atoms with Crippen molar-refractivity contribution < 1.29 is 4.79 Å². The first-order valence-electron chi connectivity index (χ1n) is 6.17. The summed E-state index contributed by atoms with van der Waals surface area (Å²) in [5, 5.41) is 6.24. The van der Waals surface area contributed by atoms with Gasteiger partial charge in [-0.15, -0.1) is 24.8 Å². The van der Waals surface area contributed by atoms with Gasteiger partial charge in [-0.25, -0.2) is 0 Å². The Hall–Kier alpha value is 0.320. The van der Waals surface area contributed by atoms with Crippen molar-refractivity contribution in [3.8, 4) is 0 Å². The van der Waals surface area contributed by atoms with Gasteiger partial charge in [0, 0.05) is 37.7 Å². The van der Waals surface area contributed by atoms with Crippen LogP contribution in [0.4, 0.5) is 0 Å².